The van der Waals surface area contributed by atoms with Gasteiger partial charge < -0.3 is 5.73 Å². The van der Waals surface area contributed by atoms with E-state index < -0.39 is 5.82 Å². The smallest absolute Gasteiger partial charge is 0.203 e. The second kappa shape index (κ2) is 4.19. The standard InChI is InChI=1S/C13H8FNOS2/c14-8-5-7(1-2-9(8)15)13(16)12-6-11-10(18-12)3-4-17-11/h1-6H,15H2. The van der Waals surface area contributed by atoms with Crippen LogP contribution in [0.5, 0.6) is 0 Å². The van der Waals surface area contributed by atoms with Crippen LogP contribution in [0.4, 0.5) is 10.1 Å². The number of ketones is 1. The molecule has 0 amide bonds. The van der Waals surface area contributed by atoms with Crippen LogP contribution in [0.15, 0.2) is 35.7 Å². The maximum absolute atomic E-state index is 13.3. The summed E-state index contributed by atoms with van der Waals surface area (Å²) >= 11 is 3.01. The second-order valence-corrected chi connectivity index (χ2v) is 5.86. The Morgan fingerprint density at radius 2 is 2.00 bits per heavy atom. The lowest BCUT2D eigenvalue weighted by Gasteiger charge is -2.00. The van der Waals surface area contributed by atoms with Crippen molar-refractivity contribution in [1.82, 2.24) is 0 Å². The minimum Gasteiger partial charge on any atom is -0.396 e. The summed E-state index contributed by atoms with van der Waals surface area (Å²) in [6, 6.07) is 7.98. The Morgan fingerprint density at radius 1 is 1.17 bits per heavy atom. The molecule has 3 rings (SSSR count). The summed E-state index contributed by atoms with van der Waals surface area (Å²) in [4.78, 5) is 12.8. The molecule has 0 aliphatic rings. The zero-order chi connectivity index (χ0) is 12.7. The van der Waals surface area contributed by atoms with Crippen LogP contribution >= 0.6 is 22.7 Å². The Hall–Kier alpha value is -1.72. The summed E-state index contributed by atoms with van der Waals surface area (Å²) in [5.74, 6) is -0.721. The van der Waals surface area contributed by atoms with Crippen LogP contribution < -0.4 is 5.73 Å². The molecule has 2 nitrogen and oxygen atoms in total. The quantitative estimate of drug-likeness (QED) is 0.570. The number of anilines is 1. The van der Waals surface area contributed by atoms with E-state index in [2.05, 4.69) is 0 Å². The van der Waals surface area contributed by atoms with Gasteiger partial charge in [-0.25, -0.2) is 4.39 Å². The molecule has 0 fully saturated rings. The molecular formula is C13H8FNOS2. The lowest BCUT2D eigenvalue weighted by Crippen LogP contribution is -2.00. The van der Waals surface area contributed by atoms with E-state index in [9.17, 15) is 9.18 Å². The summed E-state index contributed by atoms with van der Waals surface area (Å²) in [5.41, 5.74) is 5.77. The van der Waals surface area contributed by atoms with Gasteiger partial charge in [-0.2, -0.15) is 0 Å². The fraction of sp³-hybridized carbons (Fsp3) is 0. The molecule has 2 N–H and O–H groups in total. The number of carbonyl (C=O) groups excluding carboxylic acids is 1. The topological polar surface area (TPSA) is 43.1 Å². The number of halogens is 1. The molecule has 0 bridgehead atoms. The van der Waals surface area contributed by atoms with Crippen molar-refractivity contribution in [2.75, 3.05) is 5.73 Å². The van der Waals surface area contributed by atoms with Crippen molar-refractivity contribution in [3.8, 4) is 0 Å². The number of benzene rings is 1. The van der Waals surface area contributed by atoms with Gasteiger partial charge in [0.25, 0.3) is 0 Å². The first-order chi connectivity index (χ1) is 8.65. The maximum Gasteiger partial charge on any atom is 0.203 e. The van der Waals surface area contributed by atoms with Gasteiger partial charge in [-0.3, -0.25) is 4.79 Å². The predicted molar refractivity (Wildman–Crippen MR) is 73.9 cm³/mol. The van der Waals surface area contributed by atoms with Gasteiger partial charge in [0.1, 0.15) is 5.82 Å². The molecule has 18 heavy (non-hydrogen) atoms. The van der Waals surface area contributed by atoms with Crippen LogP contribution in [0.3, 0.4) is 0 Å². The maximum atomic E-state index is 13.3. The summed E-state index contributed by atoms with van der Waals surface area (Å²) in [7, 11) is 0. The van der Waals surface area contributed by atoms with Gasteiger partial charge in [-0.1, -0.05) is 0 Å². The molecule has 2 heterocycles. The van der Waals surface area contributed by atoms with Gasteiger partial charge in [0, 0.05) is 15.0 Å². The van der Waals surface area contributed by atoms with Crippen molar-refractivity contribution >= 4 is 43.5 Å². The zero-order valence-electron chi connectivity index (χ0n) is 9.14. The van der Waals surface area contributed by atoms with Crippen LogP contribution in [0.25, 0.3) is 9.40 Å². The van der Waals surface area contributed by atoms with E-state index >= 15 is 0 Å². The summed E-state index contributed by atoms with van der Waals surface area (Å²) in [6.45, 7) is 0. The van der Waals surface area contributed by atoms with E-state index in [1.165, 1.54) is 23.5 Å². The average Bonchev–Trinajstić information content (AvgIpc) is 2.92. The molecule has 0 saturated heterocycles. The molecule has 1 aromatic carbocycles. The third-order valence-corrected chi connectivity index (χ3v) is 4.72. The summed E-state index contributed by atoms with van der Waals surface area (Å²) in [5, 5.41) is 1.98. The van der Waals surface area contributed by atoms with Gasteiger partial charge in [0.15, 0.2) is 0 Å². The number of rotatable bonds is 2. The summed E-state index contributed by atoms with van der Waals surface area (Å²) < 4.78 is 15.5. The fourth-order valence-corrected chi connectivity index (χ4v) is 3.76. The molecule has 0 atom stereocenters. The largest absolute Gasteiger partial charge is 0.396 e. The number of nitrogens with two attached hydrogens (primary N) is 1. The van der Waals surface area contributed by atoms with E-state index in [-0.39, 0.29) is 11.5 Å². The van der Waals surface area contributed by atoms with Crippen molar-refractivity contribution in [3.05, 3.63) is 52.0 Å². The molecule has 0 aliphatic heterocycles. The Kier molecular flexibility index (Phi) is 2.65. The Bertz CT molecular complexity index is 716. The third-order valence-electron chi connectivity index (χ3n) is 2.63. The molecule has 0 spiro atoms. The highest BCUT2D eigenvalue weighted by Crippen LogP contribution is 2.31. The van der Waals surface area contributed by atoms with Crippen LogP contribution in [0.2, 0.25) is 0 Å². The van der Waals surface area contributed by atoms with Crippen LogP contribution in [-0.2, 0) is 0 Å². The van der Waals surface area contributed by atoms with Crippen molar-refractivity contribution in [1.29, 1.82) is 0 Å². The molecule has 0 aliphatic carbocycles. The number of nitrogen functional groups attached to an aromatic ring is 1. The van der Waals surface area contributed by atoms with E-state index in [1.54, 1.807) is 17.4 Å². The highest BCUT2D eigenvalue weighted by atomic mass is 32.1. The Balaban J connectivity index is 2.03. The van der Waals surface area contributed by atoms with Gasteiger partial charge in [0.05, 0.1) is 10.6 Å². The molecule has 90 valence electrons. The number of hydrogen-bond donors (Lipinski definition) is 1. The van der Waals surface area contributed by atoms with Gasteiger partial charge in [0.2, 0.25) is 5.78 Å². The van der Waals surface area contributed by atoms with E-state index in [0.717, 1.165) is 9.40 Å². The average molecular weight is 277 g/mol. The minimum atomic E-state index is -0.556. The van der Waals surface area contributed by atoms with E-state index in [4.69, 9.17) is 5.73 Å². The Labute approximate surface area is 110 Å². The monoisotopic (exact) mass is 277 g/mol. The highest BCUT2D eigenvalue weighted by Gasteiger charge is 2.14. The van der Waals surface area contributed by atoms with Gasteiger partial charge in [-0.15, -0.1) is 22.7 Å². The van der Waals surface area contributed by atoms with Crippen LogP contribution in [0, 0.1) is 5.82 Å². The highest BCUT2D eigenvalue weighted by molar-refractivity contribution is 7.28. The molecule has 0 radical (unpaired) electrons. The molecule has 0 unspecified atom stereocenters. The first-order valence-corrected chi connectivity index (χ1v) is 6.91. The zero-order valence-corrected chi connectivity index (χ0v) is 10.8. The number of fused-ring (bicyclic) bond motifs is 1. The van der Waals surface area contributed by atoms with Gasteiger partial charge in [-0.05, 0) is 35.7 Å². The predicted octanol–water partition coefficient (Wildman–Crippen LogP) is 3.92. The lowest BCUT2D eigenvalue weighted by atomic mass is 10.1. The molecule has 3 aromatic rings. The normalized spacial score (nSPS) is 10.9. The van der Waals surface area contributed by atoms with Crippen molar-refractivity contribution in [2.24, 2.45) is 0 Å². The first-order valence-electron chi connectivity index (χ1n) is 5.22. The number of carbonyl (C=O) groups is 1. The van der Waals surface area contributed by atoms with Crippen LogP contribution in [0.1, 0.15) is 15.2 Å². The fourth-order valence-electron chi connectivity index (χ4n) is 1.69. The molecule has 2 aromatic heterocycles. The van der Waals surface area contributed by atoms with Gasteiger partial charge >= 0.3 is 0 Å². The molecular weight excluding hydrogens is 269 g/mol. The SMILES string of the molecule is Nc1ccc(C(=O)c2cc3sccc3s2)cc1F. The van der Waals surface area contributed by atoms with Crippen molar-refractivity contribution < 1.29 is 9.18 Å². The van der Waals surface area contributed by atoms with E-state index in [1.807, 2.05) is 17.5 Å². The van der Waals surface area contributed by atoms with Crippen molar-refractivity contribution in [3.63, 3.8) is 0 Å². The number of thiophene rings is 2. The lowest BCUT2D eigenvalue weighted by molar-refractivity contribution is 0.104. The third kappa shape index (κ3) is 1.81. The second-order valence-electron chi connectivity index (χ2n) is 3.83. The number of hydrogen-bond acceptors (Lipinski definition) is 4. The minimum absolute atomic E-state index is 0.0544. The van der Waals surface area contributed by atoms with Crippen molar-refractivity contribution in [2.45, 2.75) is 0 Å². The molecule has 5 heteroatoms. The van der Waals surface area contributed by atoms with E-state index in [0.29, 0.717) is 10.4 Å². The summed E-state index contributed by atoms with van der Waals surface area (Å²) in [6.07, 6.45) is 0. The first kappa shape index (κ1) is 11.4. The molecule has 0 saturated carbocycles. The van der Waals surface area contributed by atoms with Crippen LogP contribution in [-0.4, -0.2) is 5.78 Å². The Morgan fingerprint density at radius 3 is 2.72 bits per heavy atom.